The van der Waals surface area contributed by atoms with Crippen LogP contribution in [-0.4, -0.2) is 13.7 Å². The third kappa shape index (κ3) is 16.5. The van der Waals surface area contributed by atoms with Crippen molar-refractivity contribution in [1.29, 1.82) is 0 Å². The maximum Gasteiger partial charge on any atom is 0.0433 e. The number of rotatable bonds is 1. The first-order chi connectivity index (χ1) is 1.91. The Morgan fingerprint density at radius 3 is 1.80 bits per heavy atom. The van der Waals surface area contributed by atoms with Crippen molar-refractivity contribution in [2.45, 2.75) is 6.92 Å². The van der Waals surface area contributed by atoms with Gasteiger partial charge in [0.1, 0.15) is 0 Å². The quantitative estimate of drug-likeness (QED) is 0.424. The molecule has 34 valence electrons. The van der Waals surface area contributed by atoms with Crippen molar-refractivity contribution in [2.24, 2.45) is 0 Å². The summed E-state index contributed by atoms with van der Waals surface area (Å²) in [5.74, 6) is 0. The second kappa shape index (κ2) is 9.03. The zero-order valence-corrected chi connectivity index (χ0v) is 4.12. The van der Waals surface area contributed by atoms with Crippen molar-refractivity contribution < 1.29 is 4.74 Å². The summed E-state index contributed by atoms with van der Waals surface area (Å²) in [5, 5.41) is 0. The second-order valence-corrected chi connectivity index (χ2v) is 0.577. The fourth-order valence-electron chi connectivity index (χ4n) is 0. The van der Waals surface area contributed by atoms with E-state index in [0.717, 1.165) is 6.61 Å². The van der Waals surface area contributed by atoms with Crippen LogP contribution in [0.3, 0.4) is 0 Å². The minimum Gasteiger partial charge on any atom is -0.385 e. The van der Waals surface area contributed by atoms with Gasteiger partial charge in [0.15, 0.2) is 0 Å². The maximum absolute atomic E-state index is 4.54. The first-order valence-electron chi connectivity index (χ1n) is 1.40. The van der Waals surface area contributed by atoms with Crippen molar-refractivity contribution >= 4 is 0 Å². The van der Waals surface area contributed by atoms with Crippen LogP contribution in [0.4, 0.5) is 0 Å². The average Bonchev–Trinajstić information content (AvgIpc) is 1.37. The van der Waals surface area contributed by atoms with E-state index in [9.17, 15) is 0 Å². The van der Waals surface area contributed by atoms with Crippen LogP contribution in [-0.2, 0) is 4.74 Å². The summed E-state index contributed by atoms with van der Waals surface area (Å²) in [5.41, 5.74) is 0. The van der Waals surface area contributed by atoms with Crippen LogP contribution in [0.15, 0.2) is 0 Å². The highest BCUT2D eigenvalue weighted by Gasteiger charge is 1.51. The third-order valence-electron chi connectivity index (χ3n) is 0.289. The summed E-state index contributed by atoms with van der Waals surface area (Å²) in [4.78, 5) is 0. The molecule has 0 aliphatic heterocycles. The molecule has 0 aliphatic carbocycles. The van der Waals surface area contributed by atoms with Gasteiger partial charge in [-0.1, -0.05) is 0 Å². The van der Waals surface area contributed by atoms with Gasteiger partial charge in [-0.2, -0.15) is 0 Å². The lowest BCUT2D eigenvalue weighted by molar-refractivity contribution is 0.215. The van der Waals surface area contributed by atoms with Gasteiger partial charge in [-0.3, -0.25) is 0 Å². The SMILES string of the molecule is CCOC.[CH3-]. The van der Waals surface area contributed by atoms with Crippen LogP contribution in [0.1, 0.15) is 6.92 Å². The molecule has 0 saturated heterocycles. The fraction of sp³-hybridized carbons (Fsp3) is 0.750. The van der Waals surface area contributed by atoms with Crippen molar-refractivity contribution in [3.63, 3.8) is 0 Å². The zero-order chi connectivity index (χ0) is 3.41. The van der Waals surface area contributed by atoms with E-state index >= 15 is 0 Å². The Balaban J connectivity index is 0. The molecule has 0 unspecified atom stereocenters. The summed E-state index contributed by atoms with van der Waals surface area (Å²) >= 11 is 0. The molecule has 5 heavy (non-hydrogen) atoms. The van der Waals surface area contributed by atoms with Crippen LogP contribution >= 0.6 is 0 Å². The van der Waals surface area contributed by atoms with Gasteiger partial charge >= 0.3 is 0 Å². The molecule has 0 aliphatic rings. The Labute approximate surface area is 34.0 Å². The largest absolute Gasteiger partial charge is 0.385 e. The van der Waals surface area contributed by atoms with Gasteiger partial charge in [-0.05, 0) is 6.92 Å². The highest BCUT2D eigenvalue weighted by Crippen LogP contribution is 1.52. The van der Waals surface area contributed by atoms with Gasteiger partial charge in [0.2, 0.25) is 0 Å². The summed E-state index contributed by atoms with van der Waals surface area (Å²) in [6.07, 6.45) is 0. The minimum atomic E-state index is 0. The van der Waals surface area contributed by atoms with Crippen molar-refractivity contribution in [1.82, 2.24) is 0 Å². The van der Waals surface area contributed by atoms with Crippen LogP contribution < -0.4 is 0 Å². The van der Waals surface area contributed by atoms with Crippen LogP contribution in [0.5, 0.6) is 0 Å². The zero-order valence-electron chi connectivity index (χ0n) is 4.12. The lowest BCUT2D eigenvalue weighted by Crippen LogP contribution is -1.73. The monoisotopic (exact) mass is 75.1 g/mol. The summed E-state index contributed by atoms with van der Waals surface area (Å²) in [6.45, 7) is 2.78. The Morgan fingerprint density at radius 2 is 1.80 bits per heavy atom. The first-order valence-corrected chi connectivity index (χ1v) is 1.40. The molecule has 0 fully saturated rings. The normalized spacial score (nSPS) is 6.00. The van der Waals surface area contributed by atoms with E-state index < -0.39 is 0 Å². The van der Waals surface area contributed by atoms with Crippen LogP contribution in [0.25, 0.3) is 0 Å². The predicted octanol–water partition coefficient (Wildman–Crippen LogP) is 1.10. The van der Waals surface area contributed by atoms with Gasteiger partial charge in [0.05, 0.1) is 0 Å². The molecule has 0 aromatic rings. The molecular formula is C4H11O-. The van der Waals surface area contributed by atoms with Gasteiger partial charge in [-0.25, -0.2) is 0 Å². The number of hydrogen-bond donors (Lipinski definition) is 0. The van der Waals surface area contributed by atoms with Crippen molar-refractivity contribution in [3.8, 4) is 0 Å². The van der Waals surface area contributed by atoms with Gasteiger partial charge in [-0.15, -0.1) is 0 Å². The molecule has 0 aromatic carbocycles. The van der Waals surface area contributed by atoms with Crippen LogP contribution in [0, 0.1) is 7.43 Å². The molecule has 0 radical (unpaired) electrons. The highest BCUT2D eigenvalue weighted by atomic mass is 16.5. The molecule has 0 amide bonds. The molecule has 1 heteroatoms. The Morgan fingerprint density at radius 1 is 1.60 bits per heavy atom. The molecule has 0 saturated carbocycles. The van der Waals surface area contributed by atoms with E-state index in [0.29, 0.717) is 0 Å². The van der Waals surface area contributed by atoms with E-state index in [1.54, 1.807) is 7.11 Å². The third-order valence-corrected chi connectivity index (χ3v) is 0.289. The van der Waals surface area contributed by atoms with E-state index in [1.807, 2.05) is 6.92 Å². The molecule has 0 rings (SSSR count). The highest BCUT2D eigenvalue weighted by molar-refractivity contribution is 3.94. The van der Waals surface area contributed by atoms with Gasteiger partial charge < -0.3 is 12.2 Å². The minimum absolute atomic E-state index is 0. The molecule has 0 bridgehead atoms. The molecule has 0 atom stereocenters. The lowest BCUT2D eigenvalue weighted by atomic mass is 10.9. The molecule has 0 N–H and O–H groups in total. The topological polar surface area (TPSA) is 9.23 Å². The van der Waals surface area contributed by atoms with E-state index in [2.05, 4.69) is 4.74 Å². The summed E-state index contributed by atoms with van der Waals surface area (Å²) in [6, 6.07) is 0. The first kappa shape index (κ1) is 8.88. The second-order valence-electron chi connectivity index (χ2n) is 0.577. The molecule has 0 aromatic heterocycles. The Hall–Kier alpha value is -0.0400. The average molecular weight is 75.1 g/mol. The molecule has 0 heterocycles. The van der Waals surface area contributed by atoms with Crippen molar-refractivity contribution in [2.75, 3.05) is 13.7 Å². The van der Waals surface area contributed by atoms with Gasteiger partial charge in [0, 0.05) is 13.7 Å². The lowest BCUT2D eigenvalue weighted by Gasteiger charge is -1.76. The number of methoxy groups -OCH3 is 1. The van der Waals surface area contributed by atoms with E-state index in [-0.39, 0.29) is 7.43 Å². The predicted molar refractivity (Wildman–Crippen MR) is 24.0 cm³/mol. The standard InChI is InChI=1S/C3H8O.CH3/c1-3-4-2;/h3H2,1-2H3;1H3/q;-1. The Bertz CT molecular complexity index is 5.61. The summed E-state index contributed by atoms with van der Waals surface area (Å²) < 4.78 is 4.54. The summed E-state index contributed by atoms with van der Waals surface area (Å²) in [7, 11) is 1.68. The van der Waals surface area contributed by atoms with Crippen molar-refractivity contribution in [3.05, 3.63) is 7.43 Å². The fourth-order valence-corrected chi connectivity index (χ4v) is 0. The van der Waals surface area contributed by atoms with E-state index in [4.69, 9.17) is 0 Å². The van der Waals surface area contributed by atoms with E-state index in [1.165, 1.54) is 0 Å². The Kier molecular flexibility index (Phi) is 16.0. The maximum atomic E-state index is 4.54. The molecular weight excluding hydrogens is 64.0 g/mol. The molecule has 1 nitrogen and oxygen atoms in total. The number of hydrogen-bond acceptors (Lipinski definition) is 1. The molecule has 0 spiro atoms. The van der Waals surface area contributed by atoms with Gasteiger partial charge in [0.25, 0.3) is 0 Å². The smallest absolute Gasteiger partial charge is 0.0433 e. The number of ether oxygens (including phenoxy) is 1. The van der Waals surface area contributed by atoms with Crippen LogP contribution in [0.2, 0.25) is 0 Å².